The second-order valence-electron chi connectivity index (χ2n) is 6.98. The number of hydrogen-bond acceptors (Lipinski definition) is 4. The number of azo groups is 1. The average Bonchev–Trinajstić information content (AvgIpc) is 3.06. The van der Waals surface area contributed by atoms with Gasteiger partial charge in [0.15, 0.2) is 5.69 Å². The molecule has 1 fully saturated rings. The standard InChI is InChI=1S/C21H19IN4O3/c22-15-6-7-17-16(12-15)18(20(28)23-17)24-25-19(27)13-8-10-26(11-9-13)21(29)14-4-2-1-3-5-14/h1-7,12-13,23,28H,8-11H2. The first-order valence-corrected chi connectivity index (χ1v) is 10.4. The minimum Gasteiger partial charge on any atom is -0.493 e. The van der Waals surface area contributed by atoms with Gasteiger partial charge in [-0.05, 0) is 65.8 Å². The largest absolute Gasteiger partial charge is 0.493 e. The zero-order valence-electron chi connectivity index (χ0n) is 15.5. The SMILES string of the molecule is O=C(N=Nc1c(O)[nH]c2ccc(I)cc12)C1CCN(C(=O)c2ccccc2)CC1. The van der Waals surface area contributed by atoms with Crippen molar-refractivity contribution in [1.29, 1.82) is 0 Å². The molecule has 0 aliphatic carbocycles. The molecule has 1 aliphatic heterocycles. The Kier molecular flexibility index (Phi) is 5.61. The van der Waals surface area contributed by atoms with Gasteiger partial charge in [0.2, 0.25) is 5.88 Å². The Morgan fingerprint density at radius 3 is 2.55 bits per heavy atom. The van der Waals surface area contributed by atoms with E-state index in [0.717, 1.165) is 9.09 Å². The van der Waals surface area contributed by atoms with E-state index >= 15 is 0 Å². The first kappa shape index (κ1) is 19.6. The van der Waals surface area contributed by atoms with Crippen LogP contribution >= 0.6 is 22.6 Å². The van der Waals surface area contributed by atoms with E-state index in [1.54, 1.807) is 17.0 Å². The normalized spacial score (nSPS) is 15.3. The number of hydrogen-bond donors (Lipinski definition) is 2. The van der Waals surface area contributed by atoms with Gasteiger partial charge in [-0.15, -0.1) is 10.2 Å². The second kappa shape index (κ2) is 8.32. The summed E-state index contributed by atoms with van der Waals surface area (Å²) in [5.74, 6) is -0.722. The van der Waals surface area contributed by atoms with Crippen LogP contribution in [0.2, 0.25) is 0 Å². The molecule has 0 spiro atoms. The van der Waals surface area contributed by atoms with Gasteiger partial charge < -0.3 is 15.0 Å². The van der Waals surface area contributed by atoms with Gasteiger partial charge in [-0.2, -0.15) is 0 Å². The molecule has 8 heteroatoms. The van der Waals surface area contributed by atoms with E-state index in [-0.39, 0.29) is 29.3 Å². The van der Waals surface area contributed by atoms with E-state index in [1.165, 1.54) is 0 Å². The Morgan fingerprint density at radius 2 is 1.83 bits per heavy atom. The van der Waals surface area contributed by atoms with E-state index in [1.807, 2.05) is 36.4 Å². The van der Waals surface area contributed by atoms with Gasteiger partial charge in [0.25, 0.3) is 11.8 Å². The number of halogens is 1. The monoisotopic (exact) mass is 502 g/mol. The molecule has 1 aliphatic rings. The molecule has 0 radical (unpaired) electrons. The molecule has 7 nitrogen and oxygen atoms in total. The van der Waals surface area contributed by atoms with Gasteiger partial charge in [0, 0.05) is 33.5 Å². The topological polar surface area (TPSA) is 98.1 Å². The van der Waals surface area contributed by atoms with Crippen LogP contribution in [-0.4, -0.2) is 39.9 Å². The number of benzene rings is 2. The summed E-state index contributed by atoms with van der Waals surface area (Å²) in [6.07, 6.45) is 1.10. The predicted octanol–water partition coefficient (Wildman–Crippen LogP) is 4.64. The summed E-state index contributed by atoms with van der Waals surface area (Å²) in [6.45, 7) is 1.02. The van der Waals surface area contributed by atoms with Crippen molar-refractivity contribution in [2.45, 2.75) is 12.8 Å². The second-order valence-corrected chi connectivity index (χ2v) is 8.23. The van der Waals surface area contributed by atoms with Crippen LogP contribution in [0.3, 0.4) is 0 Å². The molecule has 0 saturated carbocycles. The predicted molar refractivity (Wildman–Crippen MR) is 117 cm³/mol. The van der Waals surface area contributed by atoms with Crippen LogP contribution in [0.4, 0.5) is 5.69 Å². The van der Waals surface area contributed by atoms with Crippen molar-refractivity contribution in [3.05, 3.63) is 57.7 Å². The van der Waals surface area contributed by atoms with Crippen LogP contribution in [0.15, 0.2) is 58.8 Å². The van der Waals surface area contributed by atoms with Crippen LogP contribution in [0.5, 0.6) is 5.88 Å². The van der Waals surface area contributed by atoms with Crippen molar-refractivity contribution in [3.8, 4) is 5.88 Å². The quantitative estimate of drug-likeness (QED) is 0.403. The number of carbonyl (C=O) groups excluding carboxylic acids is 2. The zero-order chi connectivity index (χ0) is 20.4. The third-order valence-electron chi connectivity index (χ3n) is 5.11. The molecule has 3 aromatic rings. The molecule has 29 heavy (non-hydrogen) atoms. The van der Waals surface area contributed by atoms with Gasteiger partial charge in [0.05, 0.1) is 5.52 Å². The number of likely N-dealkylation sites (tertiary alicyclic amines) is 1. The molecule has 2 amide bonds. The van der Waals surface area contributed by atoms with E-state index in [0.29, 0.717) is 36.9 Å². The van der Waals surface area contributed by atoms with Gasteiger partial charge in [-0.25, -0.2) is 0 Å². The van der Waals surface area contributed by atoms with Crippen molar-refractivity contribution in [2.75, 3.05) is 13.1 Å². The van der Waals surface area contributed by atoms with Crippen LogP contribution in [0, 0.1) is 9.49 Å². The lowest BCUT2D eigenvalue weighted by molar-refractivity contribution is -0.123. The molecule has 0 bridgehead atoms. The van der Waals surface area contributed by atoms with Crippen molar-refractivity contribution in [1.82, 2.24) is 9.88 Å². The number of H-pyrrole nitrogens is 1. The number of piperidine rings is 1. The lowest BCUT2D eigenvalue weighted by atomic mass is 9.96. The fourth-order valence-electron chi connectivity index (χ4n) is 3.51. The molecule has 1 saturated heterocycles. The Hall–Kier alpha value is -2.75. The highest BCUT2D eigenvalue weighted by Crippen LogP contribution is 2.36. The summed E-state index contributed by atoms with van der Waals surface area (Å²) in [5.41, 5.74) is 1.65. The molecule has 148 valence electrons. The number of nitrogens with zero attached hydrogens (tertiary/aromatic N) is 3. The Morgan fingerprint density at radius 1 is 1.10 bits per heavy atom. The van der Waals surface area contributed by atoms with E-state index in [4.69, 9.17) is 0 Å². The molecular weight excluding hydrogens is 483 g/mol. The number of amides is 2. The lowest BCUT2D eigenvalue weighted by Gasteiger charge is -2.30. The van der Waals surface area contributed by atoms with Crippen molar-refractivity contribution >= 4 is 51.0 Å². The van der Waals surface area contributed by atoms with E-state index < -0.39 is 0 Å². The Labute approximate surface area is 181 Å². The van der Waals surface area contributed by atoms with Crippen LogP contribution in [-0.2, 0) is 4.79 Å². The molecular formula is C21H19IN4O3. The summed E-state index contributed by atoms with van der Waals surface area (Å²) < 4.78 is 0.993. The maximum atomic E-state index is 12.5. The maximum Gasteiger partial charge on any atom is 0.267 e. The molecule has 2 aromatic carbocycles. The van der Waals surface area contributed by atoms with Gasteiger partial charge in [0.1, 0.15) is 0 Å². The number of rotatable bonds is 3. The highest BCUT2D eigenvalue weighted by Gasteiger charge is 2.28. The van der Waals surface area contributed by atoms with Crippen molar-refractivity contribution in [2.24, 2.45) is 16.1 Å². The van der Waals surface area contributed by atoms with E-state index in [9.17, 15) is 14.7 Å². The van der Waals surface area contributed by atoms with Gasteiger partial charge >= 0.3 is 0 Å². The van der Waals surface area contributed by atoms with Crippen LogP contribution < -0.4 is 0 Å². The lowest BCUT2D eigenvalue weighted by Crippen LogP contribution is -2.40. The number of nitrogens with one attached hydrogen (secondary N) is 1. The fraction of sp³-hybridized carbons (Fsp3) is 0.238. The van der Waals surface area contributed by atoms with Gasteiger partial charge in [-0.1, -0.05) is 18.2 Å². The van der Waals surface area contributed by atoms with Crippen LogP contribution in [0.25, 0.3) is 10.9 Å². The zero-order valence-corrected chi connectivity index (χ0v) is 17.7. The maximum absolute atomic E-state index is 12.5. The first-order chi connectivity index (χ1) is 14.0. The number of aromatic hydroxyl groups is 1. The summed E-state index contributed by atoms with van der Waals surface area (Å²) in [5, 5.41) is 18.7. The Balaban J connectivity index is 1.41. The molecule has 0 unspecified atom stereocenters. The molecule has 0 atom stereocenters. The smallest absolute Gasteiger partial charge is 0.267 e. The first-order valence-electron chi connectivity index (χ1n) is 9.33. The summed E-state index contributed by atoms with van der Waals surface area (Å²) in [6, 6.07) is 14.8. The Bertz CT molecular complexity index is 1090. The van der Waals surface area contributed by atoms with Gasteiger partial charge in [-0.3, -0.25) is 9.59 Å². The van der Waals surface area contributed by atoms with Crippen molar-refractivity contribution in [3.63, 3.8) is 0 Å². The number of aromatic nitrogens is 1. The fourth-order valence-corrected chi connectivity index (χ4v) is 4.00. The number of carbonyl (C=O) groups is 2. The molecule has 1 aromatic heterocycles. The molecule has 4 rings (SSSR count). The average molecular weight is 502 g/mol. The molecule has 2 heterocycles. The number of fused-ring (bicyclic) bond motifs is 1. The minimum absolute atomic E-state index is 0.0172. The molecule has 2 N–H and O–H groups in total. The summed E-state index contributed by atoms with van der Waals surface area (Å²) >= 11 is 2.18. The highest BCUT2D eigenvalue weighted by molar-refractivity contribution is 14.1. The summed E-state index contributed by atoms with van der Waals surface area (Å²) in [4.78, 5) is 29.6. The number of aromatic amines is 1. The highest BCUT2D eigenvalue weighted by atomic mass is 127. The third kappa shape index (κ3) is 4.16. The van der Waals surface area contributed by atoms with Crippen molar-refractivity contribution < 1.29 is 14.7 Å². The third-order valence-corrected chi connectivity index (χ3v) is 5.79. The van der Waals surface area contributed by atoms with Crippen LogP contribution in [0.1, 0.15) is 23.2 Å². The van der Waals surface area contributed by atoms with E-state index in [2.05, 4.69) is 37.8 Å². The minimum atomic E-state index is -0.323. The summed E-state index contributed by atoms with van der Waals surface area (Å²) in [7, 11) is 0.